The van der Waals surface area contributed by atoms with E-state index in [1.54, 1.807) is 0 Å². The Labute approximate surface area is 157 Å². The largest absolute Gasteiger partial charge is 0.483 e. The van der Waals surface area contributed by atoms with Crippen molar-refractivity contribution in [3.63, 3.8) is 0 Å². The van der Waals surface area contributed by atoms with Gasteiger partial charge in [-0.3, -0.25) is 4.79 Å². The van der Waals surface area contributed by atoms with Gasteiger partial charge in [0.25, 0.3) is 5.91 Å². The molecule has 0 aliphatic heterocycles. The van der Waals surface area contributed by atoms with Gasteiger partial charge >= 0.3 is 0 Å². The molecule has 0 saturated heterocycles. The minimum absolute atomic E-state index is 0.00975. The second-order valence-corrected chi connectivity index (χ2v) is 6.93. The lowest BCUT2D eigenvalue weighted by molar-refractivity contribution is -0.118. The van der Waals surface area contributed by atoms with Gasteiger partial charge in [0.2, 0.25) is 0 Å². The van der Waals surface area contributed by atoms with Crippen LogP contribution in [0.5, 0.6) is 5.75 Å². The third kappa shape index (κ3) is 6.19. The fraction of sp³-hybridized carbons (Fsp3) is 0.409. The van der Waals surface area contributed by atoms with Gasteiger partial charge in [0.15, 0.2) is 6.61 Å². The van der Waals surface area contributed by atoms with Gasteiger partial charge in [0, 0.05) is 12.2 Å². The van der Waals surface area contributed by atoms with Crippen LogP contribution < -0.4 is 10.1 Å². The number of amides is 1. The molecule has 1 atom stereocenters. The first-order valence-corrected chi connectivity index (χ1v) is 9.24. The molecule has 1 unspecified atom stereocenters. The highest BCUT2D eigenvalue weighted by Gasteiger charge is 2.11. The van der Waals surface area contributed by atoms with Crippen LogP contribution in [0.25, 0.3) is 0 Å². The van der Waals surface area contributed by atoms with E-state index < -0.39 is 0 Å². The van der Waals surface area contributed by atoms with Crippen molar-refractivity contribution in [1.82, 2.24) is 4.90 Å². The summed E-state index contributed by atoms with van der Waals surface area (Å²) in [6.45, 7) is 5.33. The molecule has 0 spiro atoms. The fourth-order valence-electron chi connectivity index (χ4n) is 2.69. The van der Waals surface area contributed by atoms with Gasteiger partial charge < -0.3 is 15.0 Å². The van der Waals surface area contributed by atoms with E-state index >= 15 is 0 Å². The number of carbonyl (C=O) groups is 1. The third-order valence-electron chi connectivity index (χ3n) is 4.51. The molecule has 0 saturated carbocycles. The van der Waals surface area contributed by atoms with E-state index in [9.17, 15) is 4.79 Å². The maximum absolute atomic E-state index is 12.2. The summed E-state index contributed by atoms with van der Waals surface area (Å²) in [6.07, 6.45) is 2.03. The molecule has 1 amide bonds. The van der Waals surface area contributed by atoms with Crippen LogP contribution in [0.4, 0.5) is 5.69 Å². The lowest BCUT2D eigenvalue weighted by Crippen LogP contribution is -2.20. The van der Waals surface area contributed by atoms with Gasteiger partial charge in [-0.2, -0.15) is 0 Å². The summed E-state index contributed by atoms with van der Waals surface area (Å²) in [6, 6.07) is 15.9. The maximum atomic E-state index is 12.2. The molecule has 0 fully saturated rings. The zero-order valence-electron chi connectivity index (χ0n) is 16.3. The lowest BCUT2D eigenvalue weighted by atomic mass is 9.98. The van der Waals surface area contributed by atoms with Gasteiger partial charge in [-0.15, -0.1) is 0 Å². The summed E-state index contributed by atoms with van der Waals surface area (Å²) in [7, 11) is 4.13. The second-order valence-electron chi connectivity index (χ2n) is 6.93. The van der Waals surface area contributed by atoms with Crippen molar-refractivity contribution in [2.24, 2.45) is 0 Å². The number of hydrogen-bond donors (Lipinski definition) is 1. The minimum Gasteiger partial charge on any atom is -0.483 e. The van der Waals surface area contributed by atoms with Crippen molar-refractivity contribution in [2.75, 3.05) is 32.6 Å². The number of para-hydroxylation sites is 1. The predicted octanol–water partition coefficient (Wildman–Crippen LogP) is 4.32. The summed E-state index contributed by atoms with van der Waals surface area (Å²) >= 11 is 0. The Bertz CT molecular complexity index is 696. The first-order chi connectivity index (χ1) is 12.5. The SMILES string of the molecule is CCC(C)c1ccccc1OCC(=O)Nc1ccc(CCN(C)C)cc1. The molecular formula is C22H30N2O2. The normalized spacial score (nSPS) is 12.0. The average Bonchev–Trinajstić information content (AvgIpc) is 2.65. The van der Waals surface area contributed by atoms with E-state index in [2.05, 4.69) is 56.4 Å². The molecule has 0 aliphatic rings. The van der Waals surface area contributed by atoms with Gasteiger partial charge in [-0.25, -0.2) is 0 Å². The van der Waals surface area contributed by atoms with Crippen LogP contribution in [0.1, 0.15) is 37.3 Å². The van der Waals surface area contributed by atoms with Crippen molar-refractivity contribution >= 4 is 11.6 Å². The van der Waals surface area contributed by atoms with Gasteiger partial charge in [0.05, 0.1) is 0 Å². The molecule has 2 aromatic carbocycles. The molecule has 1 N–H and O–H groups in total. The summed E-state index contributed by atoms with van der Waals surface area (Å²) in [5.74, 6) is 1.05. The number of benzene rings is 2. The monoisotopic (exact) mass is 354 g/mol. The number of carbonyl (C=O) groups excluding carboxylic acids is 1. The quantitative estimate of drug-likeness (QED) is 0.729. The van der Waals surface area contributed by atoms with E-state index in [1.165, 1.54) is 5.56 Å². The molecule has 0 aromatic heterocycles. The molecule has 2 aromatic rings. The van der Waals surface area contributed by atoms with E-state index in [0.717, 1.165) is 36.4 Å². The van der Waals surface area contributed by atoms with Crippen LogP contribution >= 0.6 is 0 Å². The van der Waals surface area contributed by atoms with Crippen LogP contribution in [-0.2, 0) is 11.2 Å². The predicted molar refractivity (Wildman–Crippen MR) is 108 cm³/mol. The third-order valence-corrected chi connectivity index (χ3v) is 4.51. The fourth-order valence-corrected chi connectivity index (χ4v) is 2.69. The van der Waals surface area contributed by atoms with Crippen molar-refractivity contribution in [3.8, 4) is 5.75 Å². The molecule has 26 heavy (non-hydrogen) atoms. The van der Waals surface area contributed by atoms with E-state index in [4.69, 9.17) is 4.74 Å². The Morgan fingerprint density at radius 1 is 1.12 bits per heavy atom. The number of likely N-dealkylation sites (N-methyl/N-ethyl adjacent to an activating group) is 1. The molecule has 140 valence electrons. The van der Waals surface area contributed by atoms with Crippen molar-refractivity contribution in [2.45, 2.75) is 32.6 Å². The maximum Gasteiger partial charge on any atom is 0.262 e. The first kappa shape index (κ1) is 20.0. The Hall–Kier alpha value is -2.33. The molecular weight excluding hydrogens is 324 g/mol. The summed E-state index contributed by atoms with van der Waals surface area (Å²) in [4.78, 5) is 14.4. The van der Waals surface area contributed by atoms with E-state index in [0.29, 0.717) is 5.92 Å². The molecule has 0 radical (unpaired) electrons. The van der Waals surface area contributed by atoms with Crippen LogP contribution in [0.3, 0.4) is 0 Å². The number of nitrogens with zero attached hydrogens (tertiary/aromatic N) is 1. The number of nitrogens with one attached hydrogen (secondary N) is 1. The molecule has 2 rings (SSSR count). The van der Waals surface area contributed by atoms with E-state index in [-0.39, 0.29) is 12.5 Å². The number of hydrogen-bond acceptors (Lipinski definition) is 3. The Morgan fingerprint density at radius 3 is 2.46 bits per heavy atom. The topological polar surface area (TPSA) is 41.6 Å². The summed E-state index contributed by atoms with van der Waals surface area (Å²) in [5, 5.41) is 2.89. The molecule has 4 heteroatoms. The molecule has 0 heterocycles. The van der Waals surface area contributed by atoms with Crippen molar-refractivity contribution in [1.29, 1.82) is 0 Å². The zero-order chi connectivity index (χ0) is 18.9. The summed E-state index contributed by atoms with van der Waals surface area (Å²) < 4.78 is 5.77. The van der Waals surface area contributed by atoms with Gasteiger partial charge in [-0.1, -0.05) is 44.2 Å². The van der Waals surface area contributed by atoms with Gasteiger partial charge in [-0.05, 0) is 62.2 Å². The van der Waals surface area contributed by atoms with Crippen molar-refractivity contribution in [3.05, 3.63) is 59.7 Å². The first-order valence-electron chi connectivity index (χ1n) is 9.24. The van der Waals surface area contributed by atoms with Crippen LogP contribution in [0.15, 0.2) is 48.5 Å². The number of ether oxygens (including phenoxy) is 1. The van der Waals surface area contributed by atoms with Crippen LogP contribution in [0, 0.1) is 0 Å². The average molecular weight is 354 g/mol. The van der Waals surface area contributed by atoms with Crippen molar-refractivity contribution < 1.29 is 9.53 Å². The highest BCUT2D eigenvalue weighted by molar-refractivity contribution is 5.91. The standard InChI is InChI=1S/C22H30N2O2/c1-5-17(2)20-8-6-7-9-21(20)26-16-22(25)23-19-12-10-18(11-13-19)14-15-24(3)4/h6-13,17H,5,14-16H2,1-4H3,(H,23,25). The molecule has 4 nitrogen and oxygen atoms in total. The Kier molecular flexibility index (Phi) is 7.67. The lowest BCUT2D eigenvalue weighted by Gasteiger charge is -2.15. The highest BCUT2D eigenvalue weighted by Crippen LogP contribution is 2.28. The summed E-state index contributed by atoms with van der Waals surface area (Å²) in [5.41, 5.74) is 3.20. The highest BCUT2D eigenvalue weighted by atomic mass is 16.5. The Balaban J connectivity index is 1.87. The van der Waals surface area contributed by atoms with E-state index in [1.807, 2.05) is 30.3 Å². The number of anilines is 1. The molecule has 0 aliphatic carbocycles. The smallest absolute Gasteiger partial charge is 0.262 e. The second kappa shape index (κ2) is 9.97. The Morgan fingerprint density at radius 2 is 1.81 bits per heavy atom. The van der Waals surface area contributed by atoms with Gasteiger partial charge in [0.1, 0.15) is 5.75 Å². The zero-order valence-corrected chi connectivity index (χ0v) is 16.3. The molecule has 0 bridgehead atoms. The van der Waals surface area contributed by atoms with Crippen LogP contribution in [0.2, 0.25) is 0 Å². The minimum atomic E-state index is -0.148. The number of rotatable bonds is 9. The van der Waals surface area contributed by atoms with Crippen LogP contribution in [-0.4, -0.2) is 38.1 Å².